The average molecular weight is 360 g/mol. The minimum Gasteiger partial charge on any atom is -0.462 e. The molecule has 0 saturated carbocycles. The van der Waals surface area contributed by atoms with Crippen LogP contribution in [0.1, 0.15) is 29.0 Å². The van der Waals surface area contributed by atoms with E-state index in [4.69, 9.17) is 10.5 Å². The van der Waals surface area contributed by atoms with Crippen molar-refractivity contribution >= 4 is 27.6 Å². The zero-order chi connectivity index (χ0) is 15.7. The Balaban J connectivity index is 1.92. The molecular weight excluding hydrogens is 346 g/mol. The molecular formula is C16H14BrN3O2. The average Bonchev–Trinajstić information content (AvgIpc) is 2.96. The molecule has 0 radical (unpaired) electrons. The van der Waals surface area contributed by atoms with Crippen molar-refractivity contribution in [2.45, 2.75) is 13.1 Å². The Labute approximate surface area is 135 Å². The highest BCUT2D eigenvalue weighted by atomic mass is 79.9. The summed E-state index contributed by atoms with van der Waals surface area (Å²) in [7, 11) is 0. The highest BCUT2D eigenvalue weighted by Gasteiger charge is 2.16. The molecule has 1 heterocycles. The number of rotatable bonds is 3. The van der Waals surface area contributed by atoms with E-state index in [2.05, 4.69) is 25.9 Å². The molecule has 2 N–H and O–H groups in total. The molecule has 1 aliphatic heterocycles. The van der Waals surface area contributed by atoms with Crippen LogP contribution in [-0.2, 0) is 4.74 Å². The SMILES string of the molecule is CCOC(=O)c1ccc([C@@H]2N=c3ccc(N)c(Br)c3=N2)cc1. The van der Waals surface area contributed by atoms with E-state index in [-0.39, 0.29) is 12.1 Å². The Kier molecular flexibility index (Phi) is 3.94. The first kappa shape index (κ1) is 14.7. The molecule has 0 saturated heterocycles. The van der Waals surface area contributed by atoms with Crippen LogP contribution in [0.25, 0.3) is 0 Å². The van der Waals surface area contributed by atoms with E-state index in [1.54, 1.807) is 25.1 Å². The van der Waals surface area contributed by atoms with Crippen molar-refractivity contribution in [2.24, 2.45) is 9.98 Å². The van der Waals surface area contributed by atoms with E-state index in [9.17, 15) is 4.79 Å². The third-order valence-electron chi connectivity index (χ3n) is 3.36. The smallest absolute Gasteiger partial charge is 0.338 e. The van der Waals surface area contributed by atoms with Crippen LogP contribution in [0, 0.1) is 0 Å². The van der Waals surface area contributed by atoms with Gasteiger partial charge in [0.2, 0.25) is 0 Å². The van der Waals surface area contributed by atoms with Crippen LogP contribution in [0.3, 0.4) is 0 Å². The molecule has 6 heteroatoms. The molecule has 3 rings (SSSR count). The fourth-order valence-electron chi connectivity index (χ4n) is 2.23. The first-order valence-corrected chi connectivity index (χ1v) is 7.66. The number of hydrogen-bond acceptors (Lipinski definition) is 5. The first-order valence-electron chi connectivity index (χ1n) is 6.87. The molecule has 0 fully saturated rings. The number of nitrogen functional groups attached to an aromatic ring is 1. The van der Waals surface area contributed by atoms with Gasteiger partial charge in [0.05, 0.1) is 22.0 Å². The summed E-state index contributed by atoms with van der Waals surface area (Å²) < 4.78 is 5.73. The lowest BCUT2D eigenvalue weighted by Gasteiger charge is -2.06. The van der Waals surface area contributed by atoms with Gasteiger partial charge in [0.1, 0.15) is 5.36 Å². The van der Waals surface area contributed by atoms with E-state index in [0.29, 0.717) is 17.9 Å². The van der Waals surface area contributed by atoms with Crippen molar-refractivity contribution < 1.29 is 9.53 Å². The number of esters is 1. The Morgan fingerprint density at radius 1 is 1.23 bits per heavy atom. The van der Waals surface area contributed by atoms with Crippen molar-refractivity contribution in [1.29, 1.82) is 0 Å². The van der Waals surface area contributed by atoms with Crippen molar-refractivity contribution in [2.75, 3.05) is 12.3 Å². The second-order valence-electron chi connectivity index (χ2n) is 4.81. The topological polar surface area (TPSA) is 77.0 Å². The molecule has 1 aliphatic rings. The number of nitrogens with two attached hydrogens (primary N) is 1. The van der Waals surface area contributed by atoms with E-state index in [1.807, 2.05) is 18.2 Å². The maximum Gasteiger partial charge on any atom is 0.338 e. The fraction of sp³-hybridized carbons (Fsp3) is 0.188. The van der Waals surface area contributed by atoms with Crippen molar-refractivity contribution in [1.82, 2.24) is 0 Å². The maximum atomic E-state index is 11.6. The van der Waals surface area contributed by atoms with Crippen LogP contribution in [0.15, 0.2) is 50.9 Å². The highest BCUT2D eigenvalue weighted by Crippen LogP contribution is 2.22. The summed E-state index contributed by atoms with van der Waals surface area (Å²) in [5.41, 5.74) is 7.93. The molecule has 1 atom stereocenters. The molecule has 2 aromatic rings. The Bertz CT molecular complexity index is 847. The lowest BCUT2D eigenvalue weighted by atomic mass is 10.1. The fourth-order valence-corrected chi connectivity index (χ4v) is 2.67. The summed E-state index contributed by atoms with van der Waals surface area (Å²) >= 11 is 3.44. The molecule has 0 spiro atoms. The molecule has 0 amide bonds. The van der Waals surface area contributed by atoms with Crippen LogP contribution in [-0.4, -0.2) is 12.6 Å². The molecule has 112 valence electrons. The van der Waals surface area contributed by atoms with Crippen LogP contribution in [0.4, 0.5) is 5.69 Å². The highest BCUT2D eigenvalue weighted by molar-refractivity contribution is 9.10. The van der Waals surface area contributed by atoms with E-state index >= 15 is 0 Å². The van der Waals surface area contributed by atoms with E-state index in [0.717, 1.165) is 20.8 Å². The molecule has 5 nitrogen and oxygen atoms in total. The zero-order valence-electron chi connectivity index (χ0n) is 11.9. The number of hydrogen-bond donors (Lipinski definition) is 1. The van der Waals surface area contributed by atoms with Gasteiger partial charge < -0.3 is 10.5 Å². The Morgan fingerprint density at radius 3 is 2.64 bits per heavy atom. The van der Waals surface area contributed by atoms with Gasteiger partial charge in [0.25, 0.3) is 0 Å². The third kappa shape index (κ3) is 2.62. The van der Waals surface area contributed by atoms with Gasteiger partial charge in [-0.1, -0.05) is 12.1 Å². The second-order valence-corrected chi connectivity index (χ2v) is 5.60. The van der Waals surface area contributed by atoms with Gasteiger partial charge in [-0.2, -0.15) is 0 Å². The Morgan fingerprint density at radius 2 is 1.95 bits per heavy atom. The summed E-state index contributed by atoms with van der Waals surface area (Å²) in [6.07, 6.45) is -0.315. The molecule has 0 unspecified atom stereocenters. The van der Waals surface area contributed by atoms with Crippen LogP contribution >= 0.6 is 15.9 Å². The summed E-state index contributed by atoms with van der Waals surface area (Å²) in [5.74, 6) is -0.326. The number of carbonyl (C=O) groups is 1. The molecule has 0 aromatic heterocycles. The lowest BCUT2D eigenvalue weighted by molar-refractivity contribution is 0.0526. The van der Waals surface area contributed by atoms with Crippen molar-refractivity contribution in [3.63, 3.8) is 0 Å². The van der Waals surface area contributed by atoms with Gasteiger partial charge in [0.15, 0.2) is 6.17 Å². The predicted molar refractivity (Wildman–Crippen MR) is 86.0 cm³/mol. The maximum absolute atomic E-state index is 11.6. The van der Waals surface area contributed by atoms with Gasteiger partial charge in [-0.05, 0) is 52.7 Å². The van der Waals surface area contributed by atoms with Gasteiger partial charge >= 0.3 is 5.97 Å². The number of halogens is 1. The quantitative estimate of drug-likeness (QED) is 0.673. The number of benzene rings is 2. The monoisotopic (exact) mass is 359 g/mol. The van der Waals surface area contributed by atoms with Crippen LogP contribution in [0.2, 0.25) is 0 Å². The summed E-state index contributed by atoms with van der Waals surface area (Å²) in [4.78, 5) is 20.8. The number of ether oxygens (including phenoxy) is 1. The third-order valence-corrected chi connectivity index (χ3v) is 4.19. The summed E-state index contributed by atoms with van der Waals surface area (Å²) in [6.45, 7) is 2.14. The molecule has 0 aliphatic carbocycles. The van der Waals surface area contributed by atoms with E-state index < -0.39 is 0 Å². The van der Waals surface area contributed by atoms with Gasteiger partial charge in [-0.15, -0.1) is 0 Å². The minimum absolute atomic E-state index is 0.315. The van der Waals surface area contributed by atoms with Crippen LogP contribution in [0.5, 0.6) is 0 Å². The summed E-state index contributed by atoms with van der Waals surface area (Å²) in [6, 6.07) is 10.8. The largest absolute Gasteiger partial charge is 0.462 e. The first-order chi connectivity index (χ1) is 10.6. The van der Waals surface area contributed by atoms with Crippen molar-refractivity contribution in [3.05, 3.63) is 62.7 Å². The number of carbonyl (C=O) groups excluding carboxylic acids is 1. The predicted octanol–water partition coefficient (Wildman–Crippen LogP) is 2.16. The summed E-state index contributed by atoms with van der Waals surface area (Å²) in [5, 5.41) is 1.57. The zero-order valence-corrected chi connectivity index (χ0v) is 13.5. The lowest BCUT2D eigenvalue weighted by Crippen LogP contribution is -2.23. The Hall–Kier alpha value is -2.21. The second kappa shape index (κ2) is 5.88. The molecule has 0 bridgehead atoms. The minimum atomic E-state index is -0.326. The van der Waals surface area contributed by atoms with Gasteiger partial charge in [0, 0.05) is 5.69 Å². The molecule has 22 heavy (non-hydrogen) atoms. The van der Waals surface area contributed by atoms with Crippen LogP contribution < -0.4 is 16.4 Å². The van der Waals surface area contributed by atoms with Crippen molar-refractivity contribution in [3.8, 4) is 0 Å². The number of fused-ring (bicyclic) bond motifs is 1. The van der Waals surface area contributed by atoms with Gasteiger partial charge in [-0.3, -0.25) is 9.98 Å². The molecule has 2 aromatic carbocycles. The number of nitrogens with zero attached hydrogens (tertiary/aromatic N) is 2. The van der Waals surface area contributed by atoms with E-state index in [1.165, 1.54) is 0 Å². The standard InChI is InChI=1S/C16H14BrN3O2/c1-2-22-16(21)10-5-3-9(4-6-10)15-19-12-8-7-11(18)13(17)14(12)20-15/h3-8,15H,2,18H2,1H3/t15-/m1/s1. The number of anilines is 1. The van der Waals surface area contributed by atoms with Gasteiger partial charge in [-0.25, -0.2) is 4.79 Å². The normalized spacial score (nSPS) is 15.6.